The van der Waals surface area contributed by atoms with Gasteiger partial charge in [-0.05, 0) is 29.6 Å². The summed E-state index contributed by atoms with van der Waals surface area (Å²) in [5.74, 6) is -0.163. The molecule has 122 valence electrons. The molecule has 24 heavy (non-hydrogen) atoms. The first-order valence-corrected chi connectivity index (χ1v) is 7.85. The number of aromatic amines is 1. The fraction of sp³-hybridized carbons (Fsp3) is 0.0625. The minimum atomic E-state index is -0.451. The number of nitrogens with zero attached hydrogens (tertiary/aromatic N) is 2. The van der Waals surface area contributed by atoms with Gasteiger partial charge in [-0.3, -0.25) is 9.89 Å². The van der Waals surface area contributed by atoms with Crippen LogP contribution in [0, 0.1) is 0 Å². The zero-order valence-electron chi connectivity index (χ0n) is 12.7. The van der Waals surface area contributed by atoms with E-state index in [4.69, 9.17) is 4.74 Å². The van der Waals surface area contributed by atoms with Crippen molar-refractivity contribution in [3.05, 3.63) is 53.0 Å². The molecular formula is C16H14N4O3S. The van der Waals surface area contributed by atoms with Gasteiger partial charge in [0.15, 0.2) is 17.2 Å². The summed E-state index contributed by atoms with van der Waals surface area (Å²) < 4.78 is 5.01. The fourth-order valence-electron chi connectivity index (χ4n) is 2.02. The average Bonchev–Trinajstić information content (AvgIpc) is 3.27. The van der Waals surface area contributed by atoms with Gasteiger partial charge in [0.1, 0.15) is 0 Å². The molecular weight excluding hydrogens is 328 g/mol. The number of hydrogen-bond acceptors (Lipinski definition) is 6. The number of aromatic nitrogens is 2. The quantitative estimate of drug-likeness (QED) is 0.490. The van der Waals surface area contributed by atoms with Crippen molar-refractivity contribution in [2.75, 3.05) is 7.11 Å². The summed E-state index contributed by atoms with van der Waals surface area (Å²) in [5.41, 5.74) is 3.79. The van der Waals surface area contributed by atoms with Crippen molar-refractivity contribution < 1.29 is 14.6 Å². The van der Waals surface area contributed by atoms with Crippen LogP contribution in [0.5, 0.6) is 11.5 Å². The number of amides is 1. The lowest BCUT2D eigenvalue weighted by molar-refractivity contribution is 0.0950. The Morgan fingerprint density at radius 3 is 3.04 bits per heavy atom. The maximum absolute atomic E-state index is 12.0. The molecule has 0 aliphatic rings. The van der Waals surface area contributed by atoms with Gasteiger partial charge in [0.05, 0.1) is 23.9 Å². The number of phenols is 1. The van der Waals surface area contributed by atoms with Crippen molar-refractivity contribution in [3.8, 4) is 22.1 Å². The van der Waals surface area contributed by atoms with Crippen molar-refractivity contribution in [1.82, 2.24) is 15.6 Å². The molecule has 2 heterocycles. The number of phenolic OH excluding ortho intramolecular Hbond substituents is 1. The predicted molar refractivity (Wildman–Crippen MR) is 91.6 cm³/mol. The maximum atomic E-state index is 12.0. The molecule has 0 spiro atoms. The third-order valence-electron chi connectivity index (χ3n) is 3.22. The van der Waals surface area contributed by atoms with E-state index in [0.29, 0.717) is 11.3 Å². The van der Waals surface area contributed by atoms with Crippen molar-refractivity contribution in [3.63, 3.8) is 0 Å². The largest absolute Gasteiger partial charge is 0.504 e. The normalized spacial score (nSPS) is 10.9. The number of methoxy groups -OCH3 is 1. The Morgan fingerprint density at radius 1 is 1.42 bits per heavy atom. The standard InChI is InChI=1S/C16H14N4O3S/c1-23-13-5-2-4-10(15(13)21)9-17-20-16(22)12-8-11(18-19-12)14-6-3-7-24-14/h2-9,21H,1H3,(H,18,19)(H,20,22)/b17-9+. The molecule has 0 fully saturated rings. The molecule has 0 atom stereocenters. The number of nitrogens with one attached hydrogen (secondary N) is 2. The summed E-state index contributed by atoms with van der Waals surface area (Å²) in [6, 6.07) is 10.5. The summed E-state index contributed by atoms with van der Waals surface area (Å²) in [5, 5.41) is 22.5. The molecule has 3 rings (SSSR count). The number of aromatic hydroxyl groups is 1. The van der Waals surface area contributed by atoms with E-state index in [0.717, 1.165) is 10.6 Å². The van der Waals surface area contributed by atoms with E-state index in [2.05, 4.69) is 20.7 Å². The van der Waals surface area contributed by atoms with Gasteiger partial charge in [0, 0.05) is 5.56 Å². The summed E-state index contributed by atoms with van der Waals surface area (Å²) in [6.07, 6.45) is 1.34. The molecule has 2 aromatic heterocycles. The first kappa shape index (κ1) is 15.8. The van der Waals surface area contributed by atoms with Crippen molar-refractivity contribution in [1.29, 1.82) is 0 Å². The van der Waals surface area contributed by atoms with Crippen LogP contribution in [0.4, 0.5) is 0 Å². The molecule has 0 bridgehead atoms. The monoisotopic (exact) mass is 342 g/mol. The van der Waals surface area contributed by atoms with Crippen LogP contribution in [0.3, 0.4) is 0 Å². The molecule has 8 heteroatoms. The van der Waals surface area contributed by atoms with Crippen LogP contribution in [0.15, 0.2) is 46.9 Å². The van der Waals surface area contributed by atoms with Crippen LogP contribution in [0.25, 0.3) is 10.6 Å². The molecule has 0 radical (unpaired) electrons. The average molecular weight is 342 g/mol. The third kappa shape index (κ3) is 3.28. The second-order valence-electron chi connectivity index (χ2n) is 4.74. The van der Waals surface area contributed by atoms with Gasteiger partial charge >= 0.3 is 0 Å². The minimum Gasteiger partial charge on any atom is -0.504 e. The zero-order valence-corrected chi connectivity index (χ0v) is 13.5. The van der Waals surface area contributed by atoms with Gasteiger partial charge in [0.25, 0.3) is 5.91 Å². The predicted octanol–water partition coefficient (Wildman–Crippen LogP) is 2.62. The number of benzene rings is 1. The number of rotatable bonds is 5. The van der Waals surface area contributed by atoms with E-state index in [1.54, 1.807) is 35.6 Å². The zero-order chi connectivity index (χ0) is 16.9. The van der Waals surface area contributed by atoms with Gasteiger partial charge in [-0.1, -0.05) is 12.1 Å². The van der Waals surface area contributed by atoms with Gasteiger partial charge in [-0.25, -0.2) is 5.43 Å². The highest BCUT2D eigenvalue weighted by atomic mass is 32.1. The van der Waals surface area contributed by atoms with E-state index in [1.807, 2.05) is 17.5 Å². The summed E-state index contributed by atoms with van der Waals surface area (Å²) in [6.45, 7) is 0. The number of carbonyl (C=O) groups is 1. The first-order chi connectivity index (χ1) is 11.7. The fourth-order valence-corrected chi connectivity index (χ4v) is 2.71. The number of thiophene rings is 1. The molecule has 0 aliphatic carbocycles. The molecule has 1 aromatic carbocycles. The number of hydrogen-bond donors (Lipinski definition) is 3. The minimum absolute atomic E-state index is 0.0437. The highest BCUT2D eigenvalue weighted by molar-refractivity contribution is 7.13. The highest BCUT2D eigenvalue weighted by Gasteiger charge is 2.11. The lowest BCUT2D eigenvalue weighted by atomic mass is 10.2. The molecule has 7 nitrogen and oxygen atoms in total. The summed E-state index contributed by atoms with van der Waals surface area (Å²) >= 11 is 1.55. The summed E-state index contributed by atoms with van der Waals surface area (Å²) in [7, 11) is 1.46. The summed E-state index contributed by atoms with van der Waals surface area (Å²) in [4.78, 5) is 13.0. The van der Waals surface area contributed by atoms with Crippen LogP contribution < -0.4 is 10.2 Å². The Morgan fingerprint density at radius 2 is 2.29 bits per heavy atom. The second-order valence-corrected chi connectivity index (χ2v) is 5.69. The van der Waals surface area contributed by atoms with Crippen molar-refractivity contribution >= 4 is 23.5 Å². The Hall–Kier alpha value is -3.13. The lowest BCUT2D eigenvalue weighted by Gasteiger charge is -2.04. The van der Waals surface area contributed by atoms with Crippen LogP contribution in [-0.2, 0) is 0 Å². The molecule has 0 aliphatic heterocycles. The number of carbonyl (C=O) groups excluding carboxylic acids is 1. The maximum Gasteiger partial charge on any atom is 0.291 e. The van der Waals surface area contributed by atoms with Gasteiger partial charge in [0.2, 0.25) is 0 Å². The van der Waals surface area contributed by atoms with E-state index < -0.39 is 5.91 Å². The van der Waals surface area contributed by atoms with Crippen molar-refractivity contribution in [2.45, 2.75) is 0 Å². The number of hydrazone groups is 1. The van der Waals surface area contributed by atoms with Gasteiger partial charge in [-0.15, -0.1) is 11.3 Å². The van der Waals surface area contributed by atoms with E-state index in [-0.39, 0.29) is 11.4 Å². The SMILES string of the molecule is COc1cccc(/C=N/NC(=O)c2cc(-c3cccs3)[nH]n2)c1O. The van der Waals surface area contributed by atoms with Crippen LogP contribution in [0.2, 0.25) is 0 Å². The van der Waals surface area contributed by atoms with Crippen LogP contribution in [0.1, 0.15) is 16.1 Å². The number of ether oxygens (including phenoxy) is 1. The Balaban J connectivity index is 1.68. The first-order valence-electron chi connectivity index (χ1n) is 6.97. The van der Waals surface area contributed by atoms with E-state index >= 15 is 0 Å². The third-order valence-corrected chi connectivity index (χ3v) is 4.12. The Labute approximate surface area is 141 Å². The topological polar surface area (TPSA) is 99.6 Å². The van der Waals surface area contributed by atoms with Gasteiger partial charge in [-0.2, -0.15) is 10.2 Å². The van der Waals surface area contributed by atoms with Gasteiger partial charge < -0.3 is 9.84 Å². The second kappa shape index (κ2) is 6.97. The van der Waals surface area contributed by atoms with E-state index in [9.17, 15) is 9.90 Å². The highest BCUT2D eigenvalue weighted by Crippen LogP contribution is 2.28. The number of H-pyrrole nitrogens is 1. The Bertz CT molecular complexity index is 871. The van der Waals surface area contributed by atoms with Crippen molar-refractivity contribution in [2.24, 2.45) is 5.10 Å². The van der Waals surface area contributed by atoms with Crippen LogP contribution >= 0.6 is 11.3 Å². The molecule has 0 saturated carbocycles. The number of para-hydroxylation sites is 1. The smallest absolute Gasteiger partial charge is 0.291 e. The molecule has 1 amide bonds. The van der Waals surface area contributed by atoms with Crippen LogP contribution in [-0.4, -0.2) is 34.5 Å². The Kier molecular flexibility index (Phi) is 4.57. The molecule has 0 unspecified atom stereocenters. The lowest BCUT2D eigenvalue weighted by Crippen LogP contribution is -2.18. The molecule has 3 aromatic rings. The molecule has 0 saturated heterocycles. The molecule has 3 N–H and O–H groups in total. The van der Waals surface area contributed by atoms with E-state index in [1.165, 1.54) is 13.3 Å².